The van der Waals surface area contributed by atoms with Crippen LogP contribution in [0.15, 0.2) is 42.9 Å². The number of nitrogens with zero attached hydrogens (tertiary/aromatic N) is 4. The SMILES string of the molecule is Cc1ccc(N2CCc3ncnc(NCc4ccc(Cl)cc4F)c3C2)nc1. The largest absolute Gasteiger partial charge is 0.365 e. The molecule has 3 aromatic rings. The second-order valence-electron chi connectivity index (χ2n) is 6.60. The number of aromatic nitrogens is 3. The van der Waals surface area contributed by atoms with Gasteiger partial charge in [-0.3, -0.25) is 0 Å². The third-order valence-corrected chi connectivity index (χ3v) is 4.92. The summed E-state index contributed by atoms with van der Waals surface area (Å²) in [5.74, 6) is 1.33. The van der Waals surface area contributed by atoms with Gasteiger partial charge in [0.2, 0.25) is 0 Å². The van der Waals surface area contributed by atoms with Crippen LogP contribution in [0.1, 0.15) is 22.4 Å². The Morgan fingerprint density at radius 2 is 2.07 bits per heavy atom. The fourth-order valence-electron chi connectivity index (χ4n) is 3.18. The fourth-order valence-corrected chi connectivity index (χ4v) is 3.34. The van der Waals surface area contributed by atoms with Crippen LogP contribution in [-0.2, 0) is 19.5 Å². The summed E-state index contributed by atoms with van der Waals surface area (Å²) >= 11 is 5.82. The minimum absolute atomic E-state index is 0.329. The Labute approximate surface area is 162 Å². The van der Waals surface area contributed by atoms with Gasteiger partial charge in [0.1, 0.15) is 23.8 Å². The van der Waals surface area contributed by atoms with Crippen LogP contribution < -0.4 is 10.2 Å². The second-order valence-corrected chi connectivity index (χ2v) is 7.04. The number of benzene rings is 1. The molecule has 1 N–H and O–H groups in total. The molecule has 5 nitrogen and oxygen atoms in total. The van der Waals surface area contributed by atoms with Crippen molar-refractivity contribution in [1.29, 1.82) is 0 Å². The summed E-state index contributed by atoms with van der Waals surface area (Å²) in [6.45, 7) is 3.87. The first kappa shape index (κ1) is 17.7. The van der Waals surface area contributed by atoms with Gasteiger partial charge in [-0.15, -0.1) is 0 Å². The van der Waals surface area contributed by atoms with Crippen LogP contribution in [0.25, 0.3) is 0 Å². The molecule has 1 aliphatic heterocycles. The Morgan fingerprint density at radius 1 is 1.19 bits per heavy atom. The van der Waals surface area contributed by atoms with E-state index >= 15 is 0 Å². The summed E-state index contributed by atoms with van der Waals surface area (Å²) in [5, 5.41) is 3.64. The minimum Gasteiger partial charge on any atom is -0.365 e. The van der Waals surface area contributed by atoms with Gasteiger partial charge in [-0.05, 0) is 30.7 Å². The molecule has 0 aliphatic carbocycles. The highest BCUT2D eigenvalue weighted by Crippen LogP contribution is 2.26. The number of pyridine rings is 1. The Balaban J connectivity index is 1.55. The molecule has 3 heterocycles. The number of aryl methyl sites for hydroxylation is 1. The Kier molecular flexibility index (Phi) is 4.90. The van der Waals surface area contributed by atoms with Crippen LogP contribution in [0.4, 0.5) is 16.0 Å². The number of rotatable bonds is 4. The number of hydrogen-bond acceptors (Lipinski definition) is 5. The maximum Gasteiger partial charge on any atom is 0.134 e. The van der Waals surface area contributed by atoms with Crippen molar-refractivity contribution in [3.63, 3.8) is 0 Å². The molecule has 0 bridgehead atoms. The Morgan fingerprint density at radius 3 is 2.85 bits per heavy atom. The van der Waals surface area contributed by atoms with Crippen molar-refractivity contribution >= 4 is 23.2 Å². The topological polar surface area (TPSA) is 53.9 Å². The van der Waals surface area contributed by atoms with E-state index in [-0.39, 0.29) is 5.82 Å². The number of hydrogen-bond donors (Lipinski definition) is 1. The van der Waals surface area contributed by atoms with E-state index in [1.807, 2.05) is 19.2 Å². The summed E-state index contributed by atoms with van der Waals surface area (Å²) < 4.78 is 14.0. The predicted octanol–water partition coefficient (Wildman–Crippen LogP) is 4.15. The molecular weight excluding hydrogens is 365 g/mol. The second kappa shape index (κ2) is 7.48. The van der Waals surface area contributed by atoms with Gasteiger partial charge >= 0.3 is 0 Å². The molecule has 27 heavy (non-hydrogen) atoms. The smallest absolute Gasteiger partial charge is 0.134 e. The predicted molar refractivity (Wildman–Crippen MR) is 104 cm³/mol. The molecule has 1 aromatic carbocycles. The zero-order valence-corrected chi connectivity index (χ0v) is 15.7. The van der Waals surface area contributed by atoms with Crippen molar-refractivity contribution in [2.24, 2.45) is 0 Å². The van der Waals surface area contributed by atoms with Gasteiger partial charge in [0.15, 0.2) is 0 Å². The van der Waals surface area contributed by atoms with Crippen molar-refractivity contribution in [3.05, 3.63) is 76.1 Å². The van der Waals surface area contributed by atoms with Crippen molar-refractivity contribution in [3.8, 4) is 0 Å². The monoisotopic (exact) mass is 383 g/mol. The van der Waals surface area contributed by atoms with Crippen molar-refractivity contribution in [1.82, 2.24) is 15.0 Å². The third-order valence-electron chi connectivity index (χ3n) is 4.68. The molecule has 0 fully saturated rings. The molecule has 0 unspecified atom stereocenters. The van der Waals surface area contributed by atoms with Gasteiger partial charge in [-0.25, -0.2) is 19.3 Å². The van der Waals surface area contributed by atoms with Crippen molar-refractivity contribution in [2.75, 3.05) is 16.8 Å². The number of fused-ring (bicyclic) bond motifs is 1. The summed E-state index contributed by atoms with van der Waals surface area (Å²) in [4.78, 5) is 15.5. The molecule has 138 valence electrons. The number of anilines is 2. The summed E-state index contributed by atoms with van der Waals surface area (Å²) in [6, 6.07) is 8.77. The first-order chi connectivity index (χ1) is 13.1. The summed E-state index contributed by atoms with van der Waals surface area (Å²) in [6.07, 6.45) is 4.24. The van der Waals surface area contributed by atoms with Crippen LogP contribution in [0.2, 0.25) is 5.02 Å². The quantitative estimate of drug-likeness (QED) is 0.733. The highest BCUT2D eigenvalue weighted by Gasteiger charge is 2.22. The lowest BCUT2D eigenvalue weighted by Crippen LogP contribution is -2.32. The molecule has 0 radical (unpaired) electrons. The average Bonchev–Trinajstić information content (AvgIpc) is 2.67. The highest BCUT2D eigenvalue weighted by atomic mass is 35.5. The molecule has 2 aromatic heterocycles. The van der Waals surface area contributed by atoms with Gasteiger partial charge in [0.25, 0.3) is 0 Å². The fraction of sp³-hybridized carbons (Fsp3) is 0.250. The molecule has 0 amide bonds. The summed E-state index contributed by atoms with van der Waals surface area (Å²) in [5.41, 5.74) is 3.72. The van der Waals surface area contributed by atoms with Crippen molar-refractivity contribution in [2.45, 2.75) is 26.4 Å². The maximum atomic E-state index is 14.0. The molecule has 4 rings (SSSR count). The third kappa shape index (κ3) is 3.85. The van der Waals surface area contributed by atoms with E-state index in [9.17, 15) is 4.39 Å². The van der Waals surface area contributed by atoms with E-state index in [4.69, 9.17) is 11.6 Å². The van der Waals surface area contributed by atoms with Crippen LogP contribution in [0.3, 0.4) is 0 Å². The van der Waals surface area contributed by atoms with E-state index in [0.717, 1.165) is 41.4 Å². The van der Waals surface area contributed by atoms with Crippen LogP contribution in [0.5, 0.6) is 0 Å². The van der Waals surface area contributed by atoms with Crippen LogP contribution in [0, 0.1) is 12.7 Å². The minimum atomic E-state index is -0.330. The van der Waals surface area contributed by atoms with E-state index in [0.29, 0.717) is 23.7 Å². The summed E-state index contributed by atoms with van der Waals surface area (Å²) in [7, 11) is 0. The van der Waals surface area contributed by atoms with Gasteiger partial charge in [0, 0.05) is 48.4 Å². The van der Waals surface area contributed by atoms with E-state index < -0.39 is 0 Å². The molecule has 1 aliphatic rings. The van der Waals surface area contributed by atoms with Crippen LogP contribution in [-0.4, -0.2) is 21.5 Å². The zero-order chi connectivity index (χ0) is 18.8. The molecule has 0 spiro atoms. The standard InChI is InChI=1S/C20H19ClFN5/c1-13-2-5-19(23-9-13)27-7-6-18-16(11-27)20(26-12-25-18)24-10-14-3-4-15(21)8-17(14)22/h2-5,8-9,12H,6-7,10-11H2,1H3,(H,24,25,26). The first-order valence-electron chi connectivity index (χ1n) is 8.78. The zero-order valence-electron chi connectivity index (χ0n) is 14.9. The van der Waals surface area contributed by atoms with E-state index in [1.165, 1.54) is 6.07 Å². The Bertz CT molecular complexity index is 961. The average molecular weight is 384 g/mol. The number of halogens is 2. The molecule has 0 saturated carbocycles. The molecular formula is C20H19ClFN5. The highest BCUT2D eigenvalue weighted by molar-refractivity contribution is 6.30. The molecule has 0 atom stereocenters. The van der Waals surface area contributed by atoms with Gasteiger partial charge in [0.05, 0.1) is 5.69 Å². The van der Waals surface area contributed by atoms with E-state index in [1.54, 1.807) is 18.5 Å². The molecule has 7 heteroatoms. The normalized spacial score (nSPS) is 13.4. The van der Waals surface area contributed by atoms with Gasteiger partial charge in [-0.1, -0.05) is 23.7 Å². The van der Waals surface area contributed by atoms with Gasteiger partial charge in [-0.2, -0.15) is 0 Å². The number of nitrogens with one attached hydrogen (secondary N) is 1. The lowest BCUT2D eigenvalue weighted by Gasteiger charge is -2.30. The Hall–Kier alpha value is -2.73. The first-order valence-corrected chi connectivity index (χ1v) is 9.16. The van der Waals surface area contributed by atoms with Crippen molar-refractivity contribution < 1.29 is 4.39 Å². The van der Waals surface area contributed by atoms with Crippen LogP contribution >= 0.6 is 11.6 Å². The molecule has 0 saturated heterocycles. The lowest BCUT2D eigenvalue weighted by molar-refractivity contribution is 0.612. The van der Waals surface area contributed by atoms with E-state index in [2.05, 4.69) is 31.2 Å². The van der Waals surface area contributed by atoms with Gasteiger partial charge < -0.3 is 10.2 Å². The maximum absolute atomic E-state index is 14.0. The lowest BCUT2D eigenvalue weighted by atomic mass is 10.1.